The Morgan fingerprint density at radius 2 is 1.95 bits per heavy atom. The molecule has 6 heteroatoms. The van der Waals surface area contributed by atoms with Crippen molar-refractivity contribution in [3.05, 3.63) is 27.7 Å². The molecule has 0 fully saturated rings. The summed E-state index contributed by atoms with van der Waals surface area (Å²) in [4.78, 5) is 0. The summed E-state index contributed by atoms with van der Waals surface area (Å²) in [5.74, 6) is 0.679. The molecule has 19 heavy (non-hydrogen) atoms. The molecule has 4 nitrogen and oxygen atoms in total. The summed E-state index contributed by atoms with van der Waals surface area (Å²) in [5.41, 5.74) is 4.71. The van der Waals surface area contributed by atoms with Crippen LogP contribution in [0.1, 0.15) is 5.56 Å². The zero-order valence-electron chi connectivity index (χ0n) is 11.3. The minimum absolute atomic E-state index is 0.484. The third kappa shape index (κ3) is 6.45. The Kier molecular flexibility index (Phi) is 8.18. The Morgan fingerprint density at radius 1 is 1.16 bits per heavy atom. The second-order valence-corrected chi connectivity index (χ2v) is 5.06. The third-order valence-corrected chi connectivity index (χ3v) is 3.04. The average Bonchev–Trinajstić information content (AvgIpc) is 2.35. The van der Waals surface area contributed by atoms with Crippen LogP contribution in [0.25, 0.3) is 0 Å². The molecule has 5 N–H and O–H groups in total. The van der Waals surface area contributed by atoms with E-state index >= 15 is 0 Å². The maximum absolute atomic E-state index is 6.07. The first-order chi connectivity index (χ1) is 9.15. The maximum atomic E-state index is 6.07. The SMILES string of the molecule is Cc1cc(Cl)cc(Cl)c1OCCOCC[NH2+]CC[NH3+]. The lowest BCUT2D eigenvalue weighted by atomic mass is 10.2. The van der Waals surface area contributed by atoms with E-state index in [1.165, 1.54) is 0 Å². The van der Waals surface area contributed by atoms with Gasteiger partial charge in [0.15, 0.2) is 0 Å². The molecule has 0 spiro atoms. The van der Waals surface area contributed by atoms with Crippen molar-refractivity contribution in [2.24, 2.45) is 0 Å². The lowest BCUT2D eigenvalue weighted by Gasteiger charge is -2.11. The van der Waals surface area contributed by atoms with E-state index in [0.29, 0.717) is 29.0 Å². The molecule has 0 saturated carbocycles. The molecule has 0 bridgehead atoms. The number of ether oxygens (including phenoxy) is 2. The smallest absolute Gasteiger partial charge is 0.141 e. The first-order valence-electron chi connectivity index (χ1n) is 6.42. The van der Waals surface area contributed by atoms with Crippen molar-refractivity contribution in [2.75, 3.05) is 39.5 Å². The number of halogens is 2. The number of aryl methyl sites for hydroxylation is 1. The highest BCUT2D eigenvalue weighted by atomic mass is 35.5. The van der Waals surface area contributed by atoms with Gasteiger partial charge >= 0.3 is 0 Å². The highest BCUT2D eigenvalue weighted by Gasteiger charge is 2.07. The van der Waals surface area contributed by atoms with E-state index in [4.69, 9.17) is 32.7 Å². The van der Waals surface area contributed by atoms with E-state index in [0.717, 1.165) is 31.8 Å². The number of hydrogen-bond donors (Lipinski definition) is 2. The van der Waals surface area contributed by atoms with Crippen LogP contribution >= 0.6 is 23.2 Å². The molecule has 0 unspecified atom stereocenters. The fraction of sp³-hybridized carbons (Fsp3) is 0.538. The number of hydrogen-bond acceptors (Lipinski definition) is 2. The maximum Gasteiger partial charge on any atom is 0.141 e. The van der Waals surface area contributed by atoms with E-state index in [-0.39, 0.29) is 0 Å². The molecule has 0 aromatic heterocycles. The van der Waals surface area contributed by atoms with Crippen LogP contribution in [0.15, 0.2) is 12.1 Å². The van der Waals surface area contributed by atoms with Crippen LogP contribution in [0.5, 0.6) is 5.75 Å². The van der Waals surface area contributed by atoms with Crippen molar-refractivity contribution in [3.8, 4) is 5.75 Å². The lowest BCUT2D eigenvalue weighted by molar-refractivity contribution is -0.671. The Labute approximate surface area is 124 Å². The third-order valence-electron chi connectivity index (χ3n) is 2.54. The Morgan fingerprint density at radius 3 is 2.63 bits per heavy atom. The minimum atomic E-state index is 0.484. The van der Waals surface area contributed by atoms with Crippen molar-refractivity contribution < 1.29 is 20.5 Å². The van der Waals surface area contributed by atoms with Crippen molar-refractivity contribution in [1.29, 1.82) is 0 Å². The van der Waals surface area contributed by atoms with Gasteiger partial charge in [0.2, 0.25) is 0 Å². The van der Waals surface area contributed by atoms with Gasteiger partial charge in [-0.25, -0.2) is 0 Å². The van der Waals surface area contributed by atoms with Crippen molar-refractivity contribution >= 4 is 23.2 Å². The summed E-state index contributed by atoms with van der Waals surface area (Å²) >= 11 is 12.0. The predicted octanol–water partition coefficient (Wildman–Crippen LogP) is 0.503. The number of rotatable bonds is 9. The highest BCUT2D eigenvalue weighted by Crippen LogP contribution is 2.31. The van der Waals surface area contributed by atoms with Crippen molar-refractivity contribution in [3.63, 3.8) is 0 Å². The van der Waals surface area contributed by atoms with Crippen molar-refractivity contribution in [1.82, 2.24) is 0 Å². The molecular formula is C13H22Cl2N2O2+2. The second-order valence-electron chi connectivity index (χ2n) is 4.21. The molecule has 0 heterocycles. The lowest BCUT2D eigenvalue weighted by Crippen LogP contribution is -2.88. The minimum Gasteiger partial charge on any atom is -0.489 e. The molecule has 1 rings (SSSR count). The van der Waals surface area contributed by atoms with E-state index < -0.39 is 0 Å². The summed E-state index contributed by atoms with van der Waals surface area (Å²) in [6.07, 6.45) is 0. The topological polar surface area (TPSA) is 62.7 Å². The highest BCUT2D eigenvalue weighted by molar-refractivity contribution is 6.35. The van der Waals surface area contributed by atoms with Gasteiger partial charge in [-0.05, 0) is 24.6 Å². The average molecular weight is 309 g/mol. The monoisotopic (exact) mass is 308 g/mol. The van der Waals surface area contributed by atoms with E-state index in [1.54, 1.807) is 6.07 Å². The van der Waals surface area contributed by atoms with Crippen LogP contribution in [-0.4, -0.2) is 39.5 Å². The summed E-state index contributed by atoms with van der Waals surface area (Å²) < 4.78 is 11.1. The normalized spacial score (nSPS) is 10.7. The van der Waals surface area contributed by atoms with Gasteiger partial charge in [0.25, 0.3) is 0 Å². The molecule has 1 aromatic rings. The summed E-state index contributed by atoms with van der Waals surface area (Å²) in [7, 11) is 0. The van der Waals surface area contributed by atoms with Gasteiger partial charge in [-0.1, -0.05) is 23.2 Å². The van der Waals surface area contributed by atoms with E-state index in [2.05, 4.69) is 11.1 Å². The standard InChI is InChI=1S/C13H20Cl2N2O2/c1-10-8-11(14)9-12(15)13(10)19-7-6-18-5-4-17-3-2-16/h8-9,17H,2-7,16H2,1H3/p+2. The second kappa shape index (κ2) is 9.39. The quantitative estimate of drug-likeness (QED) is 0.653. The largest absolute Gasteiger partial charge is 0.489 e. The molecule has 0 aliphatic carbocycles. The zero-order chi connectivity index (χ0) is 14.1. The summed E-state index contributed by atoms with van der Waals surface area (Å²) in [6, 6.07) is 3.51. The van der Waals surface area contributed by atoms with Gasteiger partial charge < -0.3 is 20.5 Å². The molecule has 0 amide bonds. The number of benzene rings is 1. The van der Waals surface area contributed by atoms with Crippen LogP contribution in [0.3, 0.4) is 0 Å². The molecule has 0 aliphatic rings. The van der Waals surface area contributed by atoms with E-state index in [9.17, 15) is 0 Å². The summed E-state index contributed by atoms with van der Waals surface area (Å²) in [6.45, 7) is 6.61. The van der Waals surface area contributed by atoms with Crippen LogP contribution in [0, 0.1) is 6.92 Å². The van der Waals surface area contributed by atoms with Crippen LogP contribution in [0.2, 0.25) is 10.0 Å². The van der Waals surface area contributed by atoms with Crippen molar-refractivity contribution in [2.45, 2.75) is 6.92 Å². The first-order valence-corrected chi connectivity index (χ1v) is 7.18. The fourth-order valence-corrected chi connectivity index (χ4v) is 2.28. The van der Waals surface area contributed by atoms with E-state index in [1.807, 2.05) is 13.0 Å². The predicted molar refractivity (Wildman–Crippen MR) is 76.9 cm³/mol. The van der Waals surface area contributed by atoms with Gasteiger partial charge in [-0.2, -0.15) is 0 Å². The fourth-order valence-electron chi connectivity index (χ4n) is 1.63. The van der Waals surface area contributed by atoms with Gasteiger partial charge in [-0.3, -0.25) is 0 Å². The molecule has 0 saturated heterocycles. The number of quaternary nitrogens is 2. The van der Waals surface area contributed by atoms with Crippen LogP contribution < -0.4 is 15.8 Å². The molecule has 0 atom stereocenters. The molecule has 1 aromatic carbocycles. The van der Waals surface area contributed by atoms with Crippen LogP contribution in [0.4, 0.5) is 0 Å². The van der Waals surface area contributed by atoms with Gasteiger partial charge in [0.1, 0.15) is 25.4 Å². The molecular weight excluding hydrogens is 287 g/mol. The summed E-state index contributed by atoms with van der Waals surface area (Å²) in [5, 5.41) is 3.34. The zero-order valence-corrected chi connectivity index (χ0v) is 12.8. The Bertz CT molecular complexity index is 366. The van der Waals surface area contributed by atoms with Gasteiger partial charge in [0.05, 0.1) is 24.8 Å². The molecule has 108 valence electrons. The van der Waals surface area contributed by atoms with Gasteiger partial charge in [-0.15, -0.1) is 0 Å². The molecule has 0 aliphatic heterocycles. The Balaban J connectivity index is 2.19. The first kappa shape index (κ1) is 16.5. The molecule has 0 radical (unpaired) electrons. The van der Waals surface area contributed by atoms with Gasteiger partial charge in [0, 0.05) is 5.02 Å². The van der Waals surface area contributed by atoms with Crippen LogP contribution in [-0.2, 0) is 4.74 Å². The Hall–Kier alpha value is -0.520. The number of nitrogens with two attached hydrogens (primary N) is 1.